The molecule has 1 aromatic heterocycles. The molecule has 4 nitrogen and oxygen atoms in total. The zero-order valence-electron chi connectivity index (χ0n) is 8.83. The van der Waals surface area contributed by atoms with E-state index in [-0.39, 0.29) is 17.9 Å². The van der Waals surface area contributed by atoms with Gasteiger partial charge in [0.25, 0.3) is 6.43 Å². The first-order valence-corrected chi connectivity index (χ1v) is 4.50. The van der Waals surface area contributed by atoms with Gasteiger partial charge in [-0.25, -0.2) is 13.8 Å². The lowest BCUT2D eigenvalue weighted by Gasteiger charge is -2.10. The van der Waals surface area contributed by atoms with Crippen LogP contribution < -0.4 is 4.74 Å². The number of hydrogen-bond donors (Lipinski definition) is 1. The molecule has 0 aliphatic heterocycles. The van der Waals surface area contributed by atoms with Gasteiger partial charge in [-0.3, -0.25) is 4.79 Å². The van der Waals surface area contributed by atoms with Crippen molar-refractivity contribution in [2.24, 2.45) is 0 Å². The van der Waals surface area contributed by atoms with Crippen molar-refractivity contribution in [2.75, 3.05) is 7.11 Å². The van der Waals surface area contributed by atoms with Crippen molar-refractivity contribution in [3.05, 3.63) is 22.9 Å². The lowest BCUT2D eigenvalue weighted by atomic mass is 10.1. The average molecular weight is 231 g/mol. The molecule has 0 spiro atoms. The third-order valence-corrected chi connectivity index (χ3v) is 2.11. The summed E-state index contributed by atoms with van der Waals surface area (Å²) in [6.07, 6.45) is -3.08. The van der Waals surface area contributed by atoms with Gasteiger partial charge in [0.2, 0.25) is 5.88 Å². The van der Waals surface area contributed by atoms with Gasteiger partial charge in [0, 0.05) is 5.56 Å². The van der Waals surface area contributed by atoms with Gasteiger partial charge in [-0.15, -0.1) is 0 Å². The van der Waals surface area contributed by atoms with Gasteiger partial charge in [-0.05, 0) is 18.6 Å². The maximum Gasteiger partial charge on any atom is 0.307 e. The van der Waals surface area contributed by atoms with Crippen molar-refractivity contribution >= 4 is 5.97 Å². The second-order valence-electron chi connectivity index (χ2n) is 3.21. The smallest absolute Gasteiger partial charge is 0.307 e. The van der Waals surface area contributed by atoms with Crippen molar-refractivity contribution < 1.29 is 23.4 Å². The first-order chi connectivity index (χ1) is 7.45. The number of aromatic nitrogens is 1. The molecule has 0 radical (unpaired) electrons. The Morgan fingerprint density at radius 3 is 2.69 bits per heavy atom. The van der Waals surface area contributed by atoms with E-state index < -0.39 is 18.1 Å². The van der Waals surface area contributed by atoms with Crippen molar-refractivity contribution in [2.45, 2.75) is 19.8 Å². The number of ether oxygens (including phenoxy) is 1. The number of aliphatic carboxylic acids is 1. The van der Waals surface area contributed by atoms with Crippen LogP contribution in [-0.2, 0) is 11.2 Å². The first kappa shape index (κ1) is 12.4. The van der Waals surface area contributed by atoms with Crippen LogP contribution >= 0.6 is 0 Å². The molecule has 0 aliphatic rings. The number of carbonyl (C=O) groups is 1. The normalized spacial score (nSPS) is 10.6. The largest absolute Gasteiger partial charge is 0.481 e. The highest BCUT2D eigenvalue weighted by molar-refractivity contribution is 5.71. The Balaban J connectivity index is 3.24. The maximum atomic E-state index is 12.5. The van der Waals surface area contributed by atoms with Crippen LogP contribution in [0.5, 0.6) is 5.88 Å². The van der Waals surface area contributed by atoms with Gasteiger partial charge in [0.15, 0.2) is 0 Å². The van der Waals surface area contributed by atoms with Crippen LogP contribution in [0.2, 0.25) is 0 Å². The minimum atomic E-state index is -2.75. The van der Waals surface area contributed by atoms with Crippen molar-refractivity contribution in [3.8, 4) is 5.88 Å². The van der Waals surface area contributed by atoms with Crippen LogP contribution in [0, 0.1) is 6.92 Å². The molecule has 1 aromatic rings. The van der Waals surface area contributed by atoms with E-state index in [9.17, 15) is 13.6 Å². The molecular weight excluding hydrogens is 220 g/mol. The molecule has 1 rings (SSSR count). The molecule has 0 unspecified atom stereocenters. The molecule has 0 saturated carbocycles. The van der Waals surface area contributed by atoms with Crippen molar-refractivity contribution in [1.29, 1.82) is 0 Å². The number of rotatable bonds is 4. The van der Waals surface area contributed by atoms with E-state index in [1.807, 2.05) is 0 Å². The summed E-state index contributed by atoms with van der Waals surface area (Å²) < 4.78 is 29.8. The fourth-order valence-corrected chi connectivity index (χ4v) is 1.31. The van der Waals surface area contributed by atoms with Gasteiger partial charge >= 0.3 is 5.97 Å². The van der Waals surface area contributed by atoms with E-state index in [0.717, 1.165) is 6.07 Å². The van der Waals surface area contributed by atoms with Gasteiger partial charge in [-0.2, -0.15) is 0 Å². The van der Waals surface area contributed by atoms with E-state index >= 15 is 0 Å². The lowest BCUT2D eigenvalue weighted by Crippen LogP contribution is -2.06. The topological polar surface area (TPSA) is 59.4 Å². The standard InChI is InChI=1S/C10H11F2NO3/c1-5-6(4-8(14)15)3-7(9(11)12)13-10(5)16-2/h3,9H,4H2,1-2H3,(H,14,15). The first-order valence-electron chi connectivity index (χ1n) is 4.50. The summed E-state index contributed by atoms with van der Waals surface area (Å²) in [5.74, 6) is -1.05. The molecule has 6 heteroatoms. The second-order valence-corrected chi connectivity index (χ2v) is 3.21. The molecule has 0 fully saturated rings. The molecule has 0 aliphatic carbocycles. The lowest BCUT2D eigenvalue weighted by molar-refractivity contribution is -0.136. The van der Waals surface area contributed by atoms with Crippen LogP contribution in [0.4, 0.5) is 8.78 Å². The fraction of sp³-hybridized carbons (Fsp3) is 0.400. The fourth-order valence-electron chi connectivity index (χ4n) is 1.31. The molecule has 0 aromatic carbocycles. The number of carboxylic acids is 1. The molecule has 16 heavy (non-hydrogen) atoms. The van der Waals surface area contributed by atoms with Gasteiger partial charge in [-0.1, -0.05) is 0 Å². The highest BCUT2D eigenvalue weighted by atomic mass is 19.3. The molecule has 1 N–H and O–H groups in total. The molecule has 0 atom stereocenters. The van der Waals surface area contributed by atoms with Crippen LogP contribution in [0.1, 0.15) is 23.2 Å². The number of pyridine rings is 1. The van der Waals surface area contributed by atoms with Gasteiger partial charge < -0.3 is 9.84 Å². The van der Waals surface area contributed by atoms with Crippen LogP contribution in [-0.4, -0.2) is 23.2 Å². The van der Waals surface area contributed by atoms with Crippen LogP contribution in [0.15, 0.2) is 6.07 Å². The van der Waals surface area contributed by atoms with Crippen LogP contribution in [0.25, 0.3) is 0 Å². The Kier molecular flexibility index (Phi) is 3.76. The Hall–Kier alpha value is -1.72. The molecule has 0 amide bonds. The number of alkyl halides is 2. The number of nitrogens with zero attached hydrogens (tertiary/aromatic N) is 1. The van der Waals surface area contributed by atoms with E-state index in [2.05, 4.69) is 4.98 Å². The monoisotopic (exact) mass is 231 g/mol. The number of hydrogen-bond acceptors (Lipinski definition) is 3. The molecule has 0 bridgehead atoms. The van der Waals surface area contributed by atoms with E-state index in [4.69, 9.17) is 9.84 Å². The summed E-state index contributed by atoms with van der Waals surface area (Å²) in [4.78, 5) is 14.1. The highest BCUT2D eigenvalue weighted by Crippen LogP contribution is 2.26. The zero-order valence-corrected chi connectivity index (χ0v) is 8.83. The second kappa shape index (κ2) is 4.87. The van der Waals surface area contributed by atoms with E-state index in [1.165, 1.54) is 7.11 Å². The van der Waals surface area contributed by atoms with Crippen molar-refractivity contribution in [3.63, 3.8) is 0 Å². The van der Waals surface area contributed by atoms with Gasteiger partial charge in [0.1, 0.15) is 5.69 Å². The Morgan fingerprint density at radius 2 is 2.25 bits per heavy atom. The van der Waals surface area contributed by atoms with E-state index in [1.54, 1.807) is 6.92 Å². The Morgan fingerprint density at radius 1 is 1.62 bits per heavy atom. The van der Waals surface area contributed by atoms with Crippen LogP contribution in [0.3, 0.4) is 0 Å². The number of halogens is 2. The molecular formula is C10H11F2NO3. The third-order valence-electron chi connectivity index (χ3n) is 2.11. The summed E-state index contributed by atoms with van der Waals surface area (Å²) in [5, 5.41) is 8.64. The molecule has 1 heterocycles. The van der Waals surface area contributed by atoms with Crippen molar-refractivity contribution in [1.82, 2.24) is 4.98 Å². The summed E-state index contributed by atoms with van der Waals surface area (Å²) in [6, 6.07) is 1.09. The van der Waals surface area contributed by atoms with E-state index in [0.29, 0.717) is 5.56 Å². The minimum Gasteiger partial charge on any atom is -0.481 e. The molecule has 0 saturated heterocycles. The number of methoxy groups -OCH3 is 1. The summed E-state index contributed by atoms with van der Waals surface area (Å²) in [5.41, 5.74) is 0.280. The minimum absolute atomic E-state index is 0.0362. The zero-order chi connectivity index (χ0) is 12.3. The third kappa shape index (κ3) is 2.65. The summed E-state index contributed by atoms with van der Waals surface area (Å²) in [6.45, 7) is 1.58. The Bertz CT molecular complexity index is 407. The average Bonchev–Trinajstić information content (AvgIpc) is 2.20. The Labute approximate surface area is 90.9 Å². The van der Waals surface area contributed by atoms with Gasteiger partial charge in [0.05, 0.1) is 13.5 Å². The predicted molar refractivity (Wildman–Crippen MR) is 51.8 cm³/mol. The summed E-state index contributed by atoms with van der Waals surface area (Å²) >= 11 is 0. The molecule has 88 valence electrons. The maximum absolute atomic E-state index is 12.5. The SMILES string of the molecule is COc1nc(C(F)F)cc(CC(=O)O)c1C. The number of carboxylic acid groups (broad SMARTS) is 1. The quantitative estimate of drug-likeness (QED) is 0.860. The summed E-state index contributed by atoms with van der Waals surface area (Å²) in [7, 11) is 1.30. The highest BCUT2D eigenvalue weighted by Gasteiger charge is 2.17. The predicted octanol–water partition coefficient (Wildman–Crippen LogP) is 1.96.